The van der Waals surface area contributed by atoms with Gasteiger partial charge in [-0.3, -0.25) is 14.2 Å². The van der Waals surface area contributed by atoms with Gasteiger partial charge in [0.05, 0.1) is 30.3 Å². The number of fused-ring (bicyclic) bond motifs is 3. The van der Waals surface area contributed by atoms with E-state index in [0.717, 1.165) is 39.8 Å². The Morgan fingerprint density at radius 2 is 1.97 bits per heavy atom. The minimum absolute atomic E-state index is 0.0235. The number of thiophene rings is 1. The zero-order chi connectivity index (χ0) is 26.8. The van der Waals surface area contributed by atoms with Crippen molar-refractivity contribution >= 4 is 33.6 Å². The highest BCUT2D eigenvalue weighted by Crippen LogP contribution is 2.33. The highest BCUT2D eigenvalue weighted by Gasteiger charge is 2.29. The van der Waals surface area contributed by atoms with Crippen LogP contribution in [0.5, 0.6) is 0 Å². The molecule has 2 amide bonds. The highest BCUT2D eigenvalue weighted by atomic mass is 32.1. The Bertz CT molecular complexity index is 1470. The summed E-state index contributed by atoms with van der Waals surface area (Å²) in [7, 11) is 0. The third-order valence-electron chi connectivity index (χ3n) is 7.10. The van der Waals surface area contributed by atoms with Crippen LogP contribution in [0, 0.1) is 0 Å². The van der Waals surface area contributed by atoms with Gasteiger partial charge in [-0.1, -0.05) is 19.1 Å². The molecule has 11 heteroatoms. The fraction of sp³-hybridized carbons (Fsp3) is 0.481. The number of amides is 2. The van der Waals surface area contributed by atoms with Gasteiger partial charge >= 0.3 is 11.8 Å². The van der Waals surface area contributed by atoms with Gasteiger partial charge in [-0.25, -0.2) is 14.2 Å². The van der Waals surface area contributed by atoms with Crippen LogP contribution in [-0.2, 0) is 40.2 Å². The Morgan fingerprint density at radius 3 is 2.66 bits per heavy atom. The van der Waals surface area contributed by atoms with Crippen LogP contribution in [0.25, 0.3) is 15.9 Å². The molecule has 38 heavy (non-hydrogen) atoms. The third kappa shape index (κ3) is 5.00. The molecule has 0 spiro atoms. The van der Waals surface area contributed by atoms with Gasteiger partial charge in [0.15, 0.2) is 0 Å². The quantitative estimate of drug-likeness (QED) is 0.493. The van der Waals surface area contributed by atoms with Crippen molar-refractivity contribution in [1.29, 1.82) is 0 Å². The van der Waals surface area contributed by atoms with E-state index in [1.54, 1.807) is 24.0 Å². The van der Waals surface area contributed by atoms with Crippen LogP contribution in [0.4, 0.5) is 4.79 Å². The van der Waals surface area contributed by atoms with Crippen LogP contribution in [0.1, 0.15) is 42.7 Å². The minimum atomic E-state index is -0.570. The summed E-state index contributed by atoms with van der Waals surface area (Å²) in [4.78, 5) is 55.8. The SMILES string of the molecule is CCOC(=O)N1CCc2c(sc3c2c(=O)n(-c2ccc(CC)cc2)c(=O)n3CC(=O)NC[C@H]2CCCO2)C1. The summed E-state index contributed by atoms with van der Waals surface area (Å²) in [6.07, 6.45) is 2.71. The summed E-state index contributed by atoms with van der Waals surface area (Å²) in [5, 5.41) is 3.31. The van der Waals surface area contributed by atoms with Crippen molar-refractivity contribution in [2.75, 3.05) is 26.3 Å². The van der Waals surface area contributed by atoms with E-state index < -0.39 is 17.3 Å². The van der Waals surface area contributed by atoms with Crippen LogP contribution in [-0.4, -0.2) is 58.4 Å². The fourth-order valence-electron chi connectivity index (χ4n) is 5.06. The molecule has 1 aromatic carbocycles. The first-order valence-corrected chi connectivity index (χ1v) is 13.9. The third-order valence-corrected chi connectivity index (χ3v) is 8.34. The molecule has 2 aliphatic rings. The number of hydrogen-bond donors (Lipinski definition) is 1. The smallest absolute Gasteiger partial charge is 0.410 e. The van der Waals surface area contributed by atoms with Crippen LogP contribution < -0.4 is 16.6 Å². The number of hydrogen-bond acceptors (Lipinski definition) is 7. The predicted octanol–water partition coefficient (Wildman–Crippen LogP) is 2.59. The molecule has 1 atom stereocenters. The molecule has 1 fully saturated rings. The molecule has 5 rings (SSSR count). The molecule has 1 N–H and O–H groups in total. The van der Waals surface area contributed by atoms with E-state index in [0.29, 0.717) is 42.0 Å². The zero-order valence-corrected chi connectivity index (χ0v) is 22.5. The minimum Gasteiger partial charge on any atom is -0.450 e. The topological polar surface area (TPSA) is 112 Å². The van der Waals surface area contributed by atoms with Crippen LogP contribution in [0.15, 0.2) is 33.9 Å². The maximum atomic E-state index is 13.8. The van der Waals surface area contributed by atoms with Crippen molar-refractivity contribution in [1.82, 2.24) is 19.4 Å². The summed E-state index contributed by atoms with van der Waals surface area (Å²) in [6.45, 7) is 5.60. The van der Waals surface area contributed by atoms with Crippen molar-refractivity contribution in [3.05, 3.63) is 61.1 Å². The first kappa shape index (κ1) is 26.2. The lowest BCUT2D eigenvalue weighted by atomic mass is 10.1. The molecule has 2 aliphatic heterocycles. The van der Waals surface area contributed by atoms with E-state index in [2.05, 4.69) is 5.32 Å². The molecule has 1 saturated heterocycles. The number of benzene rings is 1. The van der Waals surface area contributed by atoms with Crippen molar-refractivity contribution < 1.29 is 19.1 Å². The normalized spacial score (nSPS) is 17.0. The van der Waals surface area contributed by atoms with Crippen molar-refractivity contribution in [2.24, 2.45) is 0 Å². The van der Waals surface area contributed by atoms with Gasteiger partial charge in [-0.05, 0) is 55.9 Å². The molecular formula is C27H32N4O6S. The lowest BCUT2D eigenvalue weighted by Crippen LogP contribution is -2.42. The molecule has 0 unspecified atom stereocenters. The Balaban J connectivity index is 1.58. The molecule has 4 heterocycles. The van der Waals surface area contributed by atoms with Crippen LogP contribution in [0.3, 0.4) is 0 Å². The average Bonchev–Trinajstić information content (AvgIpc) is 3.58. The Morgan fingerprint density at radius 1 is 1.18 bits per heavy atom. The Hall–Kier alpha value is -3.44. The second kappa shape index (κ2) is 11.1. The molecule has 0 saturated carbocycles. The first-order valence-electron chi connectivity index (χ1n) is 13.1. The number of nitrogens with one attached hydrogen (secondary N) is 1. The number of rotatable bonds is 7. The second-order valence-electron chi connectivity index (χ2n) is 9.52. The molecule has 10 nitrogen and oxygen atoms in total. The van der Waals surface area contributed by atoms with Crippen LogP contribution in [0.2, 0.25) is 0 Å². The fourth-order valence-corrected chi connectivity index (χ4v) is 6.40. The van der Waals surface area contributed by atoms with E-state index in [1.165, 1.54) is 15.9 Å². The molecule has 0 aliphatic carbocycles. The Labute approximate surface area is 223 Å². The number of ether oxygens (including phenoxy) is 2. The van der Waals surface area contributed by atoms with E-state index in [9.17, 15) is 19.2 Å². The maximum absolute atomic E-state index is 13.8. The highest BCUT2D eigenvalue weighted by molar-refractivity contribution is 7.18. The summed E-state index contributed by atoms with van der Waals surface area (Å²) < 4.78 is 13.3. The summed E-state index contributed by atoms with van der Waals surface area (Å²) >= 11 is 1.28. The zero-order valence-electron chi connectivity index (χ0n) is 21.7. The van der Waals surface area contributed by atoms with E-state index in [4.69, 9.17) is 9.47 Å². The van der Waals surface area contributed by atoms with Crippen molar-refractivity contribution in [3.63, 3.8) is 0 Å². The number of aromatic nitrogens is 2. The summed E-state index contributed by atoms with van der Waals surface area (Å²) in [5.41, 5.74) is 1.38. The van der Waals surface area contributed by atoms with Crippen LogP contribution >= 0.6 is 11.3 Å². The molecular weight excluding hydrogens is 508 g/mol. The van der Waals surface area contributed by atoms with E-state index in [-0.39, 0.29) is 31.7 Å². The number of aryl methyl sites for hydroxylation is 1. The van der Waals surface area contributed by atoms with E-state index in [1.807, 2.05) is 19.1 Å². The predicted molar refractivity (Wildman–Crippen MR) is 144 cm³/mol. The van der Waals surface area contributed by atoms with Gasteiger partial charge in [0.1, 0.15) is 11.4 Å². The summed E-state index contributed by atoms with van der Waals surface area (Å²) in [5.74, 6) is -0.324. The first-order chi connectivity index (χ1) is 18.4. The lowest BCUT2D eigenvalue weighted by Gasteiger charge is -2.25. The molecule has 0 radical (unpaired) electrons. The number of carbonyl (C=O) groups is 2. The second-order valence-corrected chi connectivity index (χ2v) is 10.6. The maximum Gasteiger partial charge on any atom is 0.410 e. The van der Waals surface area contributed by atoms with Crippen molar-refractivity contribution in [2.45, 2.75) is 58.7 Å². The standard InChI is InChI=1S/C27H32N4O6S/c1-3-17-7-9-18(10-8-17)31-24(33)23-20-11-12-29(27(35)36-4-2)15-21(20)38-25(23)30(26(31)34)16-22(32)28-14-19-6-5-13-37-19/h7-10,19H,3-6,11-16H2,1-2H3,(H,28,32)/t19-/m1/s1. The largest absolute Gasteiger partial charge is 0.450 e. The van der Waals surface area contributed by atoms with Gasteiger partial charge in [-0.15, -0.1) is 11.3 Å². The van der Waals surface area contributed by atoms with Gasteiger partial charge < -0.3 is 19.7 Å². The lowest BCUT2D eigenvalue weighted by molar-refractivity contribution is -0.122. The number of nitrogens with zero attached hydrogens (tertiary/aromatic N) is 3. The monoisotopic (exact) mass is 540 g/mol. The molecule has 202 valence electrons. The van der Waals surface area contributed by atoms with Gasteiger partial charge in [-0.2, -0.15) is 0 Å². The molecule has 3 aromatic rings. The van der Waals surface area contributed by atoms with E-state index >= 15 is 0 Å². The van der Waals surface area contributed by atoms with Gasteiger partial charge in [0, 0.05) is 24.6 Å². The Kier molecular flexibility index (Phi) is 7.66. The summed E-state index contributed by atoms with van der Waals surface area (Å²) in [6, 6.07) is 7.31. The van der Waals surface area contributed by atoms with Gasteiger partial charge in [0.25, 0.3) is 5.56 Å². The molecule has 2 aromatic heterocycles. The number of carbonyl (C=O) groups excluding carboxylic acids is 2. The van der Waals surface area contributed by atoms with Crippen molar-refractivity contribution in [3.8, 4) is 5.69 Å². The molecule has 0 bridgehead atoms. The average molecular weight is 541 g/mol. The van der Waals surface area contributed by atoms with Gasteiger partial charge in [0.2, 0.25) is 5.91 Å².